The Labute approximate surface area is 129 Å². The zero-order chi connectivity index (χ0) is 15.2. The van der Waals surface area contributed by atoms with Crippen LogP contribution in [0.5, 0.6) is 5.75 Å². The summed E-state index contributed by atoms with van der Waals surface area (Å²) < 4.78 is 5.57. The molecule has 1 aromatic rings. The summed E-state index contributed by atoms with van der Waals surface area (Å²) in [7, 11) is 1.77. The van der Waals surface area contributed by atoms with Crippen LogP contribution in [-0.4, -0.2) is 30.6 Å². The third kappa shape index (κ3) is 4.21. The minimum Gasteiger partial charge on any atom is -0.496 e. The van der Waals surface area contributed by atoms with Crippen LogP contribution in [0, 0.1) is 0 Å². The second-order valence-electron chi connectivity index (χ2n) is 6.23. The van der Waals surface area contributed by atoms with Gasteiger partial charge in [0.2, 0.25) is 0 Å². The van der Waals surface area contributed by atoms with E-state index in [0.29, 0.717) is 12.1 Å². The summed E-state index contributed by atoms with van der Waals surface area (Å²) in [5, 5.41) is 3.40. The Kier molecular flexibility index (Phi) is 6.07. The van der Waals surface area contributed by atoms with Crippen LogP contribution in [0.25, 0.3) is 0 Å². The third-order valence-electron chi connectivity index (χ3n) is 4.65. The lowest BCUT2D eigenvalue weighted by molar-refractivity contribution is 0.0943. The van der Waals surface area contributed by atoms with Gasteiger partial charge in [0.1, 0.15) is 5.75 Å². The summed E-state index contributed by atoms with van der Waals surface area (Å²) in [6.45, 7) is 9.77. The van der Waals surface area contributed by atoms with Crippen LogP contribution >= 0.6 is 0 Å². The fourth-order valence-corrected chi connectivity index (χ4v) is 3.32. The summed E-state index contributed by atoms with van der Waals surface area (Å²) in [6.07, 6.45) is 3.98. The van der Waals surface area contributed by atoms with Crippen molar-refractivity contribution in [3.05, 3.63) is 29.3 Å². The Bertz CT molecular complexity index is 437. The first-order valence-electron chi connectivity index (χ1n) is 8.28. The van der Waals surface area contributed by atoms with Gasteiger partial charge < -0.3 is 10.1 Å². The van der Waals surface area contributed by atoms with Gasteiger partial charge in [-0.2, -0.15) is 0 Å². The first-order chi connectivity index (χ1) is 10.2. The van der Waals surface area contributed by atoms with E-state index in [1.807, 2.05) is 0 Å². The first-order valence-corrected chi connectivity index (χ1v) is 8.28. The molecule has 2 rings (SSSR count). The van der Waals surface area contributed by atoms with E-state index in [9.17, 15) is 0 Å². The fourth-order valence-electron chi connectivity index (χ4n) is 3.32. The Morgan fingerprint density at radius 3 is 2.57 bits per heavy atom. The average Bonchev–Trinajstić information content (AvgIpc) is 2.49. The number of benzene rings is 1. The zero-order valence-electron chi connectivity index (χ0n) is 14.0. The highest BCUT2D eigenvalue weighted by atomic mass is 16.5. The monoisotopic (exact) mass is 290 g/mol. The molecule has 3 heteroatoms. The molecule has 1 saturated heterocycles. The SMILES string of the molecule is CCNCc1ccc(OC)c(CN2C(C)CCCC2C)c1. The molecule has 0 aromatic heterocycles. The van der Waals surface area contributed by atoms with E-state index in [1.54, 1.807) is 7.11 Å². The van der Waals surface area contributed by atoms with Gasteiger partial charge in [0.15, 0.2) is 0 Å². The summed E-state index contributed by atoms with van der Waals surface area (Å²) in [4.78, 5) is 2.62. The van der Waals surface area contributed by atoms with Crippen molar-refractivity contribution in [3.8, 4) is 5.75 Å². The summed E-state index contributed by atoms with van der Waals surface area (Å²) in [5.41, 5.74) is 2.65. The Morgan fingerprint density at radius 1 is 1.24 bits per heavy atom. The van der Waals surface area contributed by atoms with Crippen LogP contribution in [0.3, 0.4) is 0 Å². The molecule has 1 heterocycles. The smallest absolute Gasteiger partial charge is 0.123 e. The van der Waals surface area contributed by atoms with Crippen molar-refractivity contribution >= 4 is 0 Å². The molecule has 2 unspecified atom stereocenters. The van der Waals surface area contributed by atoms with Gasteiger partial charge >= 0.3 is 0 Å². The van der Waals surface area contributed by atoms with Crippen LogP contribution in [0.15, 0.2) is 18.2 Å². The number of nitrogens with one attached hydrogen (secondary N) is 1. The summed E-state index contributed by atoms with van der Waals surface area (Å²) in [6, 6.07) is 7.90. The third-order valence-corrected chi connectivity index (χ3v) is 4.65. The minimum atomic E-state index is 0.663. The molecule has 1 N–H and O–H groups in total. The summed E-state index contributed by atoms with van der Waals surface area (Å²) in [5.74, 6) is 1.01. The van der Waals surface area contributed by atoms with Crippen molar-refractivity contribution in [2.45, 2.75) is 65.2 Å². The molecule has 0 radical (unpaired) electrons. The minimum absolute atomic E-state index is 0.663. The van der Waals surface area contributed by atoms with Crippen molar-refractivity contribution in [1.82, 2.24) is 10.2 Å². The van der Waals surface area contributed by atoms with E-state index >= 15 is 0 Å². The quantitative estimate of drug-likeness (QED) is 0.867. The lowest BCUT2D eigenvalue weighted by Crippen LogP contribution is -2.43. The highest BCUT2D eigenvalue weighted by molar-refractivity contribution is 5.37. The second kappa shape index (κ2) is 7.81. The molecular weight excluding hydrogens is 260 g/mol. The topological polar surface area (TPSA) is 24.5 Å². The van der Waals surface area contributed by atoms with Crippen LogP contribution < -0.4 is 10.1 Å². The predicted octanol–water partition coefficient (Wildman–Crippen LogP) is 3.57. The zero-order valence-corrected chi connectivity index (χ0v) is 14.0. The molecule has 0 bridgehead atoms. The number of methoxy groups -OCH3 is 1. The van der Waals surface area contributed by atoms with Crippen LogP contribution in [0.2, 0.25) is 0 Å². The van der Waals surface area contributed by atoms with E-state index in [4.69, 9.17) is 4.74 Å². The van der Waals surface area contributed by atoms with Crippen molar-refractivity contribution in [3.63, 3.8) is 0 Å². The molecule has 3 nitrogen and oxygen atoms in total. The Morgan fingerprint density at radius 2 is 1.95 bits per heavy atom. The van der Waals surface area contributed by atoms with E-state index < -0.39 is 0 Å². The number of rotatable bonds is 6. The fraction of sp³-hybridized carbons (Fsp3) is 0.667. The van der Waals surface area contributed by atoms with E-state index in [0.717, 1.165) is 25.4 Å². The van der Waals surface area contributed by atoms with Gasteiger partial charge in [-0.15, -0.1) is 0 Å². The molecule has 0 saturated carbocycles. The molecule has 1 aliphatic rings. The van der Waals surface area contributed by atoms with Crippen molar-refractivity contribution in [2.24, 2.45) is 0 Å². The lowest BCUT2D eigenvalue weighted by Gasteiger charge is -2.39. The highest BCUT2D eigenvalue weighted by Gasteiger charge is 2.25. The maximum absolute atomic E-state index is 5.57. The molecule has 2 atom stereocenters. The highest BCUT2D eigenvalue weighted by Crippen LogP contribution is 2.28. The number of likely N-dealkylation sites (tertiary alicyclic amines) is 1. The molecule has 0 amide bonds. The van der Waals surface area contributed by atoms with E-state index in [1.165, 1.54) is 30.4 Å². The Hall–Kier alpha value is -1.06. The van der Waals surface area contributed by atoms with Gasteiger partial charge in [0, 0.05) is 30.7 Å². The summed E-state index contributed by atoms with van der Waals surface area (Å²) >= 11 is 0. The van der Waals surface area contributed by atoms with Gasteiger partial charge in [0.05, 0.1) is 7.11 Å². The maximum Gasteiger partial charge on any atom is 0.123 e. The molecule has 0 aliphatic carbocycles. The molecule has 1 fully saturated rings. The molecule has 21 heavy (non-hydrogen) atoms. The van der Waals surface area contributed by atoms with E-state index in [-0.39, 0.29) is 0 Å². The average molecular weight is 290 g/mol. The van der Waals surface area contributed by atoms with Crippen LogP contribution in [0.1, 0.15) is 51.2 Å². The normalized spacial score (nSPS) is 23.2. The number of piperidine rings is 1. The van der Waals surface area contributed by atoms with Gasteiger partial charge in [0.25, 0.3) is 0 Å². The first kappa shape index (κ1) is 16.3. The molecule has 1 aliphatic heterocycles. The molecular formula is C18H30N2O. The van der Waals surface area contributed by atoms with Gasteiger partial charge in [-0.25, -0.2) is 0 Å². The lowest BCUT2D eigenvalue weighted by atomic mass is 9.96. The number of nitrogens with zero attached hydrogens (tertiary/aromatic N) is 1. The molecule has 118 valence electrons. The van der Waals surface area contributed by atoms with Crippen LogP contribution in [0.4, 0.5) is 0 Å². The predicted molar refractivity (Wildman–Crippen MR) is 88.7 cm³/mol. The van der Waals surface area contributed by atoms with Crippen molar-refractivity contribution < 1.29 is 4.74 Å². The largest absolute Gasteiger partial charge is 0.496 e. The number of hydrogen-bond donors (Lipinski definition) is 1. The van der Waals surface area contributed by atoms with E-state index in [2.05, 4.69) is 49.2 Å². The maximum atomic E-state index is 5.57. The van der Waals surface area contributed by atoms with Gasteiger partial charge in [-0.05, 0) is 50.9 Å². The second-order valence-corrected chi connectivity index (χ2v) is 6.23. The number of ether oxygens (including phenoxy) is 1. The van der Waals surface area contributed by atoms with Gasteiger partial charge in [-0.3, -0.25) is 4.90 Å². The standard InChI is InChI=1S/C18H30N2O/c1-5-19-12-16-9-10-18(21-4)17(11-16)13-20-14(2)7-6-8-15(20)3/h9-11,14-15,19H,5-8,12-13H2,1-4H3. The van der Waals surface area contributed by atoms with Gasteiger partial charge in [-0.1, -0.05) is 19.4 Å². The molecule has 0 spiro atoms. The van der Waals surface area contributed by atoms with Crippen molar-refractivity contribution in [1.29, 1.82) is 0 Å². The van der Waals surface area contributed by atoms with Crippen molar-refractivity contribution in [2.75, 3.05) is 13.7 Å². The molecule has 1 aromatic carbocycles. The van der Waals surface area contributed by atoms with Crippen LogP contribution in [-0.2, 0) is 13.1 Å². The Balaban J connectivity index is 2.15. The number of hydrogen-bond acceptors (Lipinski definition) is 3.